The van der Waals surface area contributed by atoms with Crippen LogP contribution in [0.4, 0.5) is 11.4 Å². The number of nitrogens with one attached hydrogen (secondary N) is 1. The van der Waals surface area contributed by atoms with E-state index in [1.807, 2.05) is 4.90 Å². The Labute approximate surface area is 135 Å². The summed E-state index contributed by atoms with van der Waals surface area (Å²) in [5, 5.41) is 14.2. The normalized spacial score (nSPS) is 14.6. The van der Waals surface area contributed by atoms with Crippen molar-refractivity contribution in [2.75, 3.05) is 37.7 Å². The minimum atomic E-state index is -0.432. The first kappa shape index (κ1) is 17.2. The van der Waals surface area contributed by atoms with Crippen LogP contribution in [0, 0.1) is 10.1 Å². The van der Waals surface area contributed by atoms with E-state index in [-0.39, 0.29) is 11.6 Å². The molecule has 0 saturated carbocycles. The number of ether oxygens (including phenoxy) is 1. The van der Waals surface area contributed by atoms with E-state index in [1.165, 1.54) is 6.07 Å². The van der Waals surface area contributed by atoms with Crippen LogP contribution in [0.2, 0.25) is 0 Å². The number of amides is 1. The van der Waals surface area contributed by atoms with E-state index in [1.54, 1.807) is 12.1 Å². The van der Waals surface area contributed by atoms with Gasteiger partial charge >= 0.3 is 0 Å². The predicted molar refractivity (Wildman–Crippen MR) is 88.0 cm³/mol. The molecule has 0 radical (unpaired) electrons. The highest BCUT2D eigenvalue weighted by Gasteiger charge is 2.23. The number of morpholine rings is 1. The highest BCUT2D eigenvalue weighted by molar-refractivity contribution is 5.95. The maximum Gasteiger partial charge on any atom is 0.293 e. The van der Waals surface area contributed by atoms with Crippen molar-refractivity contribution < 1.29 is 14.5 Å². The van der Waals surface area contributed by atoms with Crippen molar-refractivity contribution in [1.82, 2.24) is 5.32 Å². The molecule has 0 unspecified atom stereocenters. The number of nitrogens with zero attached hydrogens (tertiary/aromatic N) is 2. The molecular weight excluding hydrogens is 298 g/mol. The molecule has 0 aliphatic carbocycles. The summed E-state index contributed by atoms with van der Waals surface area (Å²) in [4.78, 5) is 24.9. The minimum Gasteiger partial charge on any atom is -0.378 e. The molecule has 0 bridgehead atoms. The van der Waals surface area contributed by atoms with Crippen LogP contribution in [0.3, 0.4) is 0 Å². The van der Waals surface area contributed by atoms with Gasteiger partial charge in [0.15, 0.2) is 0 Å². The predicted octanol–water partition coefficient (Wildman–Crippen LogP) is 2.35. The van der Waals surface area contributed by atoms with E-state index in [0.29, 0.717) is 44.1 Å². The SMILES string of the molecule is CCCCCNC(=O)c1ccc(N2CCOCC2)c([N+](=O)[O-])c1. The van der Waals surface area contributed by atoms with Gasteiger partial charge in [0.1, 0.15) is 5.69 Å². The lowest BCUT2D eigenvalue weighted by Crippen LogP contribution is -2.36. The zero-order valence-electron chi connectivity index (χ0n) is 13.4. The number of hydrogen-bond donors (Lipinski definition) is 1. The first-order chi connectivity index (χ1) is 11.1. The zero-order chi connectivity index (χ0) is 16.7. The van der Waals surface area contributed by atoms with E-state index in [4.69, 9.17) is 4.74 Å². The molecule has 7 nitrogen and oxygen atoms in total. The first-order valence-corrected chi connectivity index (χ1v) is 8.02. The number of nitro benzene ring substituents is 1. The maximum atomic E-state index is 12.1. The van der Waals surface area contributed by atoms with E-state index < -0.39 is 4.92 Å². The fourth-order valence-corrected chi connectivity index (χ4v) is 2.56. The molecule has 1 aromatic rings. The van der Waals surface area contributed by atoms with Gasteiger partial charge in [-0.2, -0.15) is 0 Å². The van der Waals surface area contributed by atoms with Gasteiger partial charge < -0.3 is 15.0 Å². The Hall–Kier alpha value is -2.15. The van der Waals surface area contributed by atoms with Crippen molar-refractivity contribution in [3.05, 3.63) is 33.9 Å². The molecule has 1 aliphatic rings. The monoisotopic (exact) mass is 321 g/mol. The van der Waals surface area contributed by atoms with Crippen molar-refractivity contribution in [3.63, 3.8) is 0 Å². The van der Waals surface area contributed by atoms with E-state index in [0.717, 1.165) is 19.3 Å². The van der Waals surface area contributed by atoms with Gasteiger partial charge in [-0.1, -0.05) is 19.8 Å². The number of carbonyl (C=O) groups is 1. The van der Waals surface area contributed by atoms with E-state index >= 15 is 0 Å². The molecule has 126 valence electrons. The van der Waals surface area contributed by atoms with Crippen molar-refractivity contribution in [2.45, 2.75) is 26.2 Å². The van der Waals surface area contributed by atoms with Gasteiger partial charge in [-0.15, -0.1) is 0 Å². The van der Waals surface area contributed by atoms with E-state index in [9.17, 15) is 14.9 Å². The van der Waals surface area contributed by atoms with Gasteiger partial charge in [-0.05, 0) is 18.6 Å². The quantitative estimate of drug-likeness (QED) is 0.473. The second-order valence-electron chi connectivity index (χ2n) is 5.52. The van der Waals surface area contributed by atoms with Crippen molar-refractivity contribution in [2.24, 2.45) is 0 Å². The number of rotatable bonds is 7. The van der Waals surface area contributed by atoms with Crippen LogP contribution in [0.1, 0.15) is 36.5 Å². The van der Waals surface area contributed by atoms with Crippen molar-refractivity contribution in [3.8, 4) is 0 Å². The lowest BCUT2D eigenvalue weighted by Gasteiger charge is -2.28. The number of carbonyl (C=O) groups excluding carboxylic acids is 1. The molecule has 1 saturated heterocycles. The van der Waals surface area contributed by atoms with Gasteiger partial charge in [0.25, 0.3) is 11.6 Å². The van der Waals surface area contributed by atoms with Crippen LogP contribution in [-0.2, 0) is 4.74 Å². The molecule has 1 N–H and O–H groups in total. The Balaban J connectivity index is 2.11. The third-order valence-electron chi connectivity index (χ3n) is 3.85. The van der Waals surface area contributed by atoms with Crippen molar-refractivity contribution in [1.29, 1.82) is 0 Å². The molecule has 1 heterocycles. The Morgan fingerprint density at radius 1 is 1.35 bits per heavy atom. The Kier molecular flexibility index (Phi) is 6.34. The largest absolute Gasteiger partial charge is 0.378 e. The highest BCUT2D eigenvalue weighted by atomic mass is 16.6. The third-order valence-corrected chi connectivity index (χ3v) is 3.85. The molecular formula is C16H23N3O4. The van der Waals surface area contributed by atoms with Crippen LogP contribution in [0.5, 0.6) is 0 Å². The number of unbranched alkanes of at least 4 members (excludes halogenated alkanes) is 2. The first-order valence-electron chi connectivity index (χ1n) is 8.02. The number of benzene rings is 1. The fourth-order valence-electron chi connectivity index (χ4n) is 2.56. The Bertz CT molecular complexity index is 556. The number of nitro groups is 1. The van der Waals surface area contributed by atoms with Crippen molar-refractivity contribution >= 4 is 17.3 Å². The molecule has 0 spiro atoms. The minimum absolute atomic E-state index is 0.0342. The molecule has 1 aromatic carbocycles. The van der Waals surface area contributed by atoms with Gasteiger partial charge in [0, 0.05) is 31.3 Å². The van der Waals surface area contributed by atoms with Gasteiger partial charge in [0.2, 0.25) is 0 Å². The average Bonchev–Trinajstić information content (AvgIpc) is 2.58. The van der Waals surface area contributed by atoms with E-state index in [2.05, 4.69) is 12.2 Å². The molecule has 0 atom stereocenters. The fraction of sp³-hybridized carbons (Fsp3) is 0.562. The van der Waals surface area contributed by atoms with Crippen LogP contribution in [0.15, 0.2) is 18.2 Å². The maximum absolute atomic E-state index is 12.1. The molecule has 2 rings (SSSR count). The molecule has 1 amide bonds. The molecule has 1 fully saturated rings. The molecule has 0 aromatic heterocycles. The Morgan fingerprint density at radius 2 is 2.09 bits per heavy atom. The summed E-state index contributed by atoms with van der Waals surface area (Å²) in [7, 11) is 0. The lowest BCUT2D eigenvalue weighted by atomic mass is 10.1. The molecule has 1 aliphatic heterocycles. The van der Waals surface area contributed by atoms with Crippen LogP contribution in [-0.4, -0.2) is 43.7 Å². The average molecular weight is 321 g/mol. The summed E-state index contributed by atoms with van der Waals surface area (Å²) in [5.74, 6) is -0.266. The van der Waals surface area contributed by atoms with Crippen LogP contribution >= 0.6 is 0 Å². The van der Waals surface area contributed by atoms with Gasteiger partial charge in [-0.3, -0.25) is 14.9 Å². The summed E-state index contributed by atoms with van der Waals surface area (Å²) < 4.78 is 5.27. The van der Waals surface area contributed by atoms with Gasteiger partial charge in [-0.25, -0.2) is 0 Å². The number of hydrogen-bond acceptors (Lipinski definition) is 5. The summed E-state index contributed by atoms with van der Waals surface area (Å²) in [6, 6.07) is 4.66. The smallest absolute Gasteiger partial charge is 0.293 e. The molecule has 23 heavy (non-hydrogen) atoms. The standard InChI is InChI=1S/C16H23N3O4/c1-2-3-4-7-17-16(20)13-5-6-14(15(12-13)19(21)22)18-8-10-23-11-9-18/h5-6,12H,2-4,7-11H2,1H3,(H,17,20). The summed E-state index contributed by atoms with van der Waals surface area (Å²) in [5.41, 5.74) is 0.833. The second-order valence-corrected chi connectivity index (χ2v) is 5.52. The van der Waals surface area contributed by atoms with Crippen LogP contribution < -0.4 is 10.2 Å². The molecule has 7 heteroatoms. The lowest BCUT2D eigenvalue weighted by molar-refractivity contribution is -0.384. The summed E-state index contributed by atoms with van der Waals surface area (Å²) in [6.07, 6.45) is 3.04. The second kappa shape index (κ2) is 8.47. The van der Waals surface area contributed by atoms with Gasteiger partial charge in [0.05, 0.1) is 18.1 Å². The Morgan fingerprint density at radius 3 is 2.74 bits per heavy atom. The highest BCUT2D eigenvalue weighted by Crippen LogP contribution is 2.29. The zero-order valence-corrected chi connectivity index (χ0v) is 13.4. The third kappa shape index (κ3) is 4.66. The van der Waals surface area contributed by atoms with Crippen LogP contribution in [0.25, 0.3) is 0 Å². The topological polar surface area (TPSA) is 84.7 Å². The summed E-state index contributed by atoms with van der Waals surface area (Å²) in [6.45, 7) is 5.02. The number of anilines is 1. The summed E-state index contributed by atoms with van der Waals surface area (Å²) >= 11 is 0.